The Morgan fingerprint density at radius 1 is 1.29 bits per heavy atom. The molecule has 0 atom stereocenters. The lowest BCUT2D eigenvalue weighted by Gasteiger charge is -2.24. The molecule has 2 amide bonds. The van der Waals surface area contributed by atoms with Gasteiger partial charge in [0.2, 0.25) is 11.8 Å². The maximum Gasteiger partial charge on any atom is 0.242 e. The van der Waals surface area contributed by atoms with Gasteiger partial charge in [-0.15, -0.1) is 0 Å². The molecule has 1 aromatic carbocycles. The summed E-state index contributed by atoms with van der Waals surface area (Å²) >= 11 is 5.95. The fourth-order valence-corrected chi connectivity index (χ4v) is 2.75. The third-order valence-electron chi connectivity index (χ3n) is 3.79. The molecular formula is C16H21ClN2O2. The Morgan fingerprint density at radius 3 is 2.62 bits per heavy atom. The number of amides is 2. The van der Waals surface area contributed by atoms with Gasteiger partial charge in [-0.2, -0.15) is 0 Å². The zero-order chi connectivity index (χ0) is 15.2. The zero-order valence-corrected chi connectivity index (χ0v) is 13.1. The summed E-state index contributed by atoms with van der Waals surface area (Å²) in [5.41, 5.74) is 1.07. The van der Waals surface area contributed by atoms with Crippen molar-refractivity contribution in [3.05, 3.63) is 34.9 Å². The first-order chi connectivity index (χ1) is 10.1. The van der Waals surface area contributed by atoms with Crippen LogP contribution in [-0.4, -0.2) is 47.8 Å². The first kappa shape index (κ1) is 15.8. The molecule has 114 valence electrons. The molecule has 1 saturated heterocycles. The predicted octanol–water partition coefficient (Wildman–Crippen LogP) is 2.35. The van der Waals surface area contributed by atoms with E-state index in [-0.39, 0.29) is 18.4 Å². The Bertz CT molecular complexity index is 513. The van der Waals surface area contributed by atoms with Gasteiger partial charge in [0, 0.05) is 31.6 Å². The fourth-order valence-electron chi connectivity index (χ4n) is 2.53. The van der Waals surface area contributed by atoms with Crippen LogP contribution in [0.5, 0.6) is 0 Å². The van der Waals surface area contributed by atoms with Gasteiger partial charge in [0.15, 0.2) is 0 Å². The molecule has 5 heteroatoms. The fraction of sp³-hybridized carbons (Fsp3) is 0.500. The Kier molecular flexibility index (Phi) is 5.62. The Balaban J connectivity index is 1.89. The quantitative estimate of drug-likeness (QED) is 0.838. The first-order valence-electron chi connectivity index (χ1n) is 7.34. The number of carbonyl (C=O) groups excluding carboxylic acids is 2. The van der Waals surface area contributed by atoms with Gasteiger partial charge in [0.1, 0.15) is 0 Å². The van der Waals surface area contributed by atoms with E-state index in [0.29, 0.717) is 18.0 Å². The third-order valence-corrected chi connectivity index (χ3v) is 4.02. The van der Waals surface area contributed by atoms with Crippen molar-refractivity contribution in [2.45, 2.75) is 26.2 Å². The van der Waals surface area contributed by atoms with E-state index in [1.54, 1.807) is 4.90 Å². The van der Waals surface area contributed by atoms with Crippen LogP contribution in [0.3, 0.4) is 0 Å². The van der Waals surface area contributed by atoms with Crippen LogP contribution in [0.4, 0.5) is 0 Å². The maximum absolute atomic E-state index is 12.1. The highest BCUT2D eigenvalue weighted by Crippen LogP contribution is 2.12. The molecule has 21 heavy (non-hydrogen) atoms. The lowest BCUT2D eigenvalue weighted by Crippen LogP contribution is -2.41. The first-order valence-corrected chi connectivity index (χ1v) is 7.72. The lowest BCUT2D eigenvalue weighted by atomic mass is 10.1. The average Bonchev–Trinajstić information content (AvgIpc) is 2.97. The highest BCUT2D eigenvalue weighted by molar-refractivity contribution is 6.30. The molecule has 0 unspecified atom stereocenters. The summed E-state index contributed by atoms with van der Waals surface area (Å²) < 4.78 is 0. The number of carbonyl (C=O) groups is 2. The number of likely N-dealkylation sites (tertiary alicyclic amines) is 1. The number of benzene rings is 1. The Hall–Kier alpha value is -1.55. The van der Waals surface area contributed by atoms with Gasteiger partial charge in [-0.1, -0.05) is 23.7 Å². The van der Waals surface area contributed by atoms with Gasteiger partial charge in [-0.05, 0) is 37.0 Å². The van der Waals surface area contributed by atoms with Gasteiger partial charge >= 0.3 is 0 Å². The van der Waals surface area contributed by atoms with Crippen molar-refractivity contribution in [1.82, 2.24) is 9.80 Å². The number of hydrogen-bond donors (Lipinski definition) is 0. The molecule has 1 aliphatic heterocycles. The minimum Gasteiger partial charge on any atom is -0.341 e. The van der Waals surface area contributed by atoms with Crippen LogP contribution in [0, 0.1) is 0 Å². The van der Waals surface area contributed by atoms with Crippen molar-refractivity contribution in [2.75, 3.05) is 26.2 Å². The molecule has 0 bridgehead atoms. The molecular weight excluding hydrogens is 288 g/mol. The van der Waals surface area contributed by atoms with E-state index in [1.807, 2.05) is 29.2 Å². The maximum atomic E-state index is 12.1. The normalized spacial score (nSPS) is 14.3. The second-order valence-corrected chi connectivity index (χ2v) is 5.84. The molecule has 0 aromatic heterocycles. The SMILES string of the molecule is CC(=O)N(CCc1cccc(Cl)c1)CC(=O)N1CCCC1. The Morgan fingerprint density at radius 2 is 2.00 bits per heavy atom. The largest absolute Gasteiger partial charge is 0.341 e. The van der Waals surface area contributed by atoms with E-state index in [9.17, 15) is 9.59 Å². The molecule has 1 aliphatic rings. The second kappa shape index (κ2) is 7.46. The smallest absolute Gasteiger partial charge is 0.242 e. The summed E-state index contributed by atoms with van der Waals surface area (Å²) in [5, 5.41) is 0.690. The minimum absolute atomic E-state index is 0.0498. The molecule has 0 saturated carbocycles. The van der Waals surface area contributed by atoms with Crippen molar-refractivity contribution in [1.29, 1.82) is 0 Å². The van der Waals surface area contributed by atoms with Crippen molar-refractivity contribution in [2.24, 2.45) is 0 Å². The summed E-state index contributed by atoms with van der Waals surface area (Å²) in [4.78, 5) is 27.3. The van der Waals surface area contributed by atoms with Gasteiger partial charge in [0.05, 0.1) is 6.54 Å². The van der Waals surface area contributed by atoms with E-state index in [1.165, 1.54) is 6.92 Å². The van der Waals surface area contributed by atoms with E-state index < -0.39 is 0 Å². The van der Waals surface area contributed by atoms with Crippen LogP contribution < -0.4 is 0 Å². The number of halogens is 1. The monoisotopic (exact) mass is 308 g/mol. The molecule has 1 heterocycles. The molecule has 1 aromatic rings. The van der Waals surface area contributed by atoms with Crippen LogP contribution in [0.25, 0.3) is 0 Å². The topological polar surface area (TPSA) is 40.6 Å². The van der Waals surface area contributed by atoms with E-state index in [4.69, 9.17) is 11.6 Å². The van der Waals surface area contributed by atoms with Crippen molar-refractivity contribution in [3.8, 4) is 0 Å². The van der Waals surface area contributed by atoms with Gasteiger partial charge < -0.3 is 9.80 Å². The molecule has 0 aliphatic carbocycles. The predicted molar refractivity (Wildman–Crippen MR) is 83.2 cm³/mol. The van der Waals surface area contributed by atoms with Crippen LogP contribution in [0.2, 0.25) is 5.02 Å². The number of rotatable bonds is 5. The minimum atomic E-state index is -0.0652. The van der Waals surface area contributed by atoms with Crippen LogP contribution in [-0.2, 0) is 16.0 Å². The summed E-state index contributed by atoms with van der Waals surface area (Å²) in [7, 11) is 0. The van der Waals surface area contributed by atoms with Gasteiger partial charge in [0.25, 0.3) is 0 Å². The molecule has 4 nitrogen and oxygen atoms in total. The van der Waals surface area contributed by atoms with Gasteiger partial charge in [-0.25, -0.2) is 0 Å². The highest BCUT2D eigenvalue weighted by Gasteiger charge is 2.21. The zero-order valence-electron chi connectivity index (χ0n) is 12.3. The summed E-state index contributed by atoms with van der Waals surface area (Å²) in [6.07, 6.45) is 2.83. The van der Waals surface area contributed by atoms with Crippen LogP contribution >= 0.6 is 11.6 Å². The summed E-state index contributed by atoms with van der Waals surface area (Å²) in [5.74, 6) is -0.0154. The molecule has 0 radical (unpaired) electrons. The average molecular weight is 309 g/mol. The standard InChI is InChI=1S/C16H21ClN2O2/c1-13(20)19(12-16(21)18-8-2-3-9-18)10-7-14-5-4-6-15(17)11-14/h4-6,11H,2-3,7-10,12H2,1H3. The Labute approximate surface area is 130 Å². The van der Waals surface area contributed by atoms with Crippen molar-refractivity contribution >= 4 is 23.4 Å². The summed E-state index contributed by atoms with van der Waals surface area (Å²) in [6.45, 7) is 3.86. The van der Waals surface area contributed by atoms with Crippen LogP contribution in [0.15, 0.2) is 24.3 Å². The van der Waals surface area contributed by atoms with Gasteiger partial charge in [-0.3, -0.25) is 9.59 Å². The molecule has 0 N–H and O–H groups in total. The van der Waals surface area contributed by atoms with E-state index in [2.05, 4.69) is 0 Å². The molecule has 2 rings (SSSR count). The van der Waals surface area contributed by atoms with E-state index >= 15 is 0 Å². The second-order valence-electron chi connectivity index (χ2n) is 5.41. The highest BCUT2D eigenvalue weighted by atomic mass is 35.5. The van der Waals surface area contributed by atoms with Crippen molar-refractivity contribution < 1.29 is 9.59 Å². The van der Waals surface area contributed by atoms with E-state index in [0.717, 1.165) is 31.5 Å². The molecule has 1 fully saturated rings. The number of nitrogens with zero attached hydrogens (tertiary/aromatic N) is 2. The van der Waals surface area contributed by atoms with Crippen molar-refractivity contribution in [3.63, 3.8) is 0 Å². The summed E-state index contributed by atoms with van der Waals surface area (Å²) in [6, 6.07) is 7.59. The lowest BCUT2D eigenvalue weighted by molar-refractivity contribution is -0.138. The van der Waals surface area contributed by atoms with Crippen LogP contribution in [0.1, 0.15) is 25.3 Å². The number of hydrogen-bond acceptors (Lipinski definition) is 2. The molecule has 0 spiro atoms. The third kappa shape index (κ3) is 4.74.